The van der Waals surface area contributed by atoms with E-state index in [1.807, 2.05) is 83.9 Å². The van der Waals surface area contributed by atoms with E-state index in [9.17, 15) is 9.59 Å². The zero-order chi connectivity index (χ0) is 26.5. The van der Waals surface area contributed by atoms with Crippen LogP contribution in [0, 0.1) is 0 Å². The summed E-state index contributed by atoms with van der Waals surface area (Å²) >= 11 is 5.76. The molecule has 0 spiro atoms. The third-order valence-electron chi connectivity index (χ3n) is 6.48. The molecule has 0 saturated carbocycles. The lowest BCUT2D eigenvalue weighted by atomic mass is 10.0. The molecule has 38 heavy (non-hydrogen) atoms. The van der Waals surface area contributed by atoms with E-state index in [0.717, 1.165) is 22.8 Å². The molecule has 4 aromatic rings. The van der Waals surface area contributed by atoms with Gasteiger partial charge in [-0.25, -0.2) is 4.79 Å². The Morgan fingerprint density at radius 2 is 1.76 bits per heavy atom. The summed E-state index contributed by atoms with van der Waals surface area (Å²) < 4.78 is 6.89. The molecule has 1 saturated heterocycles. The van der Waals surface area contributed by atoms with Crippen molar-refractivity contribution in [2.45, 2.75) is 18.5 Å². The van der Waals surface area contributed by atoms with Gasteiger partial charge in [0.15, 0.2) is 5.11 Å². The van der Waals surface area contributed by atoms with Crippen molar-refractivity contribution in [3.8, 4) is 5.69 Å². The Bertz CT molecular complexity index is 1420. The van der Waals surface area contributed by atoms with E-state index in [-0.39, 0.29) is 30.4 Å². The zero-order valence-electron chi connectivity index (χ0n) is 20.8. The Morgan fingerprint density at radius 3 is 2.47 bits per heavy atom. The number of thiocarbonyl (C=S) groups is 1. The summed E-state index contributed by atoms with van der Waals surface area (Å²) in [5.74, 6) is -0.474. The molecule has 2 aromatic heterocycles. The molecular formula is C29H27N5O3S. The summed E-state index contributed by atoms with van der Waals surface area (Å²) in [5, 5.41) is 6.94. The van der Waals surface area contributed by atoms with Crippen LogP contribution in [0.2, 0.25) is 0 Å². The Kier molecular flexibility index (Phi) is 7.46. The summed E-state index contributed by atoms with van der Waals surface area (Å²) in [7, 11) is 1.36. The number of nitrogens with one attached hydrogen (secondary N) is 2. The molecule has 0 unspecified atom stereocenters. The predicted octanol–water partition coefficient (Wildman–Crippen LogP) is 4.66. The number of carbonyl (C=O) groups excluding carboxylic acids is 2. The van der Waals surface area contributed by atoms with Crippen LogP contribution >= 0.6 is 12.2 Å². The SMILES string of the molecule is COC(=O)c1ccc(-n2cccc2[C@@H]2[C@H](c3ccccn3)NC(=S)N2CCC(=O)Nc2ccccc2)cc1. The lowest BCUT2D eigenvalue weighted by Gasteiger charge is -2.29. The summed E-state index contributed by atoms with van der Waals surface area (Å²) in [6, 6.07) is 26.0. The highest BCUT2D eigenvalue weighted by molar-refractivity contribution is 7.80. The monoisotopic (exact) mass is 525 g/mol. The predicted molar refractivity (Wildman–Crippen MR) is 149 cm³/mol. The van der Waals surface area contributed by atoms with E-state index < -0.39 is 0 Å². The standard InChI is InChI=1S/C29H27N5O3S/c1-37-28(36)20-12-14-22(15-13-20)33-18-7-11-24(33)27-26(23-10-5-6-17-30-23)32-29(38)34(27)19-16-25(35)31-21-8-3-2-4-9-21/h2-15,17-18,26-27H,16,19H2,1H3,(H,31,35)(H,32,38)/t26-,27+/m0/s1. The number of para-hydroxylation sites is 1. The number of esters is 1. The molecule has 0 radical (unpaired) electrons. The van der Waals surface area contributed by atoms with Crippen molar-refractivity contribution in [1.82, 2.24) is 19.8 Å². The van der Waals surface area contributed by atoms with E-state index in [1.165, 1.54) is 7.11 Å². The number of nitrogens with zero attached hydrogens (tertiary/aromatic N) is 3. The molecule has 3 heterocycles. The van der Waals surface area contributed by atoms with Crippen LogP contribution in [0.1, 0.15) is 40.3 Å². The fourth-order valence-corrected chi connectivity index (χ4v) is 5.01. The summed E-state index contributed by atoms with van der Waals surface area (Å²) in [4.78, 5) is 31.3. The Morgan fingerprint density at radius 1 is 1.00 bits per heavy atom. The molecule has 9 heteroatoms. The van der Waals surface area contributed by atoms with Gasteiger partial charge in [-0.3, -0.25) is 9.78 Å². The molecule has 5 rings (SSSR count). The molecule has 0 aliphatic carbocycles. The van der Waals surface area contributed by atoms with Crippen molar-refractivity contribution >= 4 is 34.9 Å². The zero-order valence-corrected chi connectivity index (χ0v) is 21.6. The van der Waals surface area contributed by atoms with Crippen LogP contribution in [0.25, 0.3) is 5.69 Å². The van der Waals surface area contributed by atoms with E-state index in [4.69, 9.17) is 17.0 Å². The van der Waals surface area contributed by atoms with Gasteiger partial charge in [-0.15, -0.1) is 0 Å². The Balaban J connectivity index is 1.44. The van der Waals surface area contributed by atoms with Gasteiger partial charge in [-0.05, 0) is 72.9 Å². The van der Waals surface area contributed by atoms with E-state index >= 15 is 0 Å². The first-order valence-electron chi connectivity index (χ1n) is 12.2. The van der Waals surface area contributed by atoms with Gasteiger partial charge in [0, 0.05) is 42.4 Å². The molecule has 1 amide bonds. The number of methoxy groups -OCH3 is 1. The van der Waals surface area contributed by atoms with E-state index in [1.54, 1.807) is 18.3 Å². The number of carbonyl (C=O) groups is 2. The maximum atomic E-state index is 12.8. The van der Waals surface area contributed by atoms with Crippen molar-refractivity contribution < 1.29 is 14.3 Å². The first-order valence-corrected chi connectivity index (χ1v) is 12.6. The number of pyridine rings is 1. The fraction of sp³-hybridized carbons (Fsp3) is 0.172. The second kappa shape index (κ2) is 11.3. The second-order valence-electron chi connectivity index (χ2n) is 8.83. The molecule has 2 atom stereocenters. The lowest BCUT2D eigenvalue weighted by Crippen LogP contribution is -2.33. The van der Waals surface area contributed by atoms with Crippen LogP contribution in [-0.4, -0.2) is 45.1 Å². The second-order valence-corrected chi connectivity index (χ2v) is 9.21. The van der Waals surface area contributed by atoms with Gasteiger partial charge in [-0.2, -0.15) is 0 Å². The maximum Gasteiger partial charge on any atom is 0.337 e. The highest BCUT2D eigenvalue weighted by atomic mass is 32.1. The van der Waals surface area contributed by atoms with Crippen molar-refractivity contribution in [3.05, 3.63) is 114 Å². The molecule has 2 aromatic carbocycles. The quantitative estimate of drug-likeness (QED) is 0.256. The first kappa shape index (κ1) is 25.2. The number of ether oxygens (including phenoxy) is 1. The summed E-state index contributed by atoms with van der Waals surface area (Å²) in [6.45, 7) is 0.422. The third kappa shape index (κ3) is 5.28. The van der Waals surface area contributed by atoms with Gasteiger partial charge in [0.1, 0.15) is 0 Å². The Labute approximate surface area is 226 Å². The van der Waals surface area contributed by atoms with Gasteiger partial charge >= 0.3 is 5.97 Å². The molecule has 2 N–H and O–H groups in total. The third-order valence-corrected chi connectivity index (χ3v) is 6.84. The van der Waals surface area contributed by atoms with Gasteiger partial charge < -0.3 is 24.8 Å². The highest BCUT2D eigenvalue weighted by Crippen LogP contribution is 2.39. The Hall–Kier alpha value is -4.50. The highest BCUT2D eigenvalue weighted by Gasteiger charge is 2.41. The average Bonchev–Trinajstić information content (AvgIpc) is 3.56. The van der Waals surface area contributed by atoms with Crippen LogP contribution in [-0.2, 0) is 9.53 Å². The molecule has 1 fully saturated rings. The number of benzene rings is 2. The minimum Gasteiger partial charge on any atom is -0.465 e. The van der Waals surface area contributed by atoms with Crippen molar-refractivity contribution in [2.75, 3.05) is 19.0 Å². The van der Waals surface area contributed by atoms with Gasteiger partial charge in [0.2, 0.25) is 5.91 Å². The topological polar surface area (TPSA) is 88.5 Å². The van der Waals surface area contributed by atoms with E-state index in [0.29, 0.717) is 17.2 Å². The van der Waals surface area contributed by atoms with Crippen LogP contribution in [0.5, 0.6) is 0 Å². The number of aromatic nitrogens is 2. The first-order chi connectivity index (χ1) is 18.5. The largest absolute Gasteiger partial charge is 0.465 e. The minimum absolute atomic E-state index is 0.0900. The minimum atomic E-state index is -0.384. The van der Waals surface area contributed by atoms with Gasteiger partial charge in [0.25, 0.3) is 0 Å². The lowest BCUT2D eigenvalue weighted by molar-refractivity contribution is -0.116. The maximum absolute atomic E-state index is 12.8. The van der Waals surface area contributed by atoms with Crippen LogP contribution < -0.4 is 10.6 Å². The van der Waals surface area contributed by atoms with Gasteiger partial charge in [0.05, 0.1) is 30.5 Å². The number of anilines is 1. The summed E-state index contributed by atoms with van der Waals surface area (Å²) in [6.07, 6.45) is 3.99. The summed E-state index contributed by atoms with van der Waals surface area (Å²) in [5.41, 5.74) is 3.95. The number of hydrogen-bond donors (Lipinski definition) is 2. The molecule has 192 valence electrons. The normalized spacial score (nSPS) is 16.7. The van der Waals surface area contributed by atoms with E-state index in [2.05, 4.69) is 20.2 Å². The smallest absolute Gasteiger partial charge is 0.337 e. The molecule has 0 bridgehead atoms. The van der Waals surface area contributed by atoms with Crippen molar-refractivity contribution in [3.63, 3.8) is 0 Å². The number of rotatable bonds is 8. The van der Waals surface area contributed by atoms with Crippen molar-refractivity contribution in [2.24, 2.45) is 0 Å². The van der Waals surface area contributed by atoms with Crippen molar-refractivity contribution in [1.29, 1.82) is 0 Å². The molecular weight excluding hydrogens is 498 g/mol. The molecule has 1 aliphatic heterocycles. The van der Waals surface area contributed by atoms with Crippen LogP contribution in [0.15, 0.2) is 97.3 Å². The molecule has 8 nitrogen and oxygen atoms in total. The fourth-order valence-electron chi connectivity index (χ4n) is 4.68. The van der Waals surface area contributed by atoms with Crippen LogP contribution in [0.3, 0.4) is 0 Å². The van der Waals surface area contributed by atoms with Crippen LogP contribution in [0.4, 0.5) is 5.69 Å². The van der Waals surface area contributed by atoms with Gasteiger partial charge in [-0.1, -0.05) is 24.3 Å². The number of hydrogen-bond acceptors (Lipinski definition) is 5. The average molecular weight is 526 g/mol. The number of amides is 1. The molecule has 1 aliphatic rings.